The van der Waals surface area contributed by atoms with E-state index in [1.54, 1.807) is 6.07 Å². The van der Waals surface area contributed by atoms with Crippen molar-refractivity contribution in [1.29, 1.82) is 5.26 Å². The second-order valence-electron chi connectivity index (χ2n) is 5.78. The van der Waals surface area contributed by atoms with Crippen LogP contribution in [0.1, 0.15) is 44.4 Å². The van der Waals surface area contributed by atoms with Crippen molar-refractivity contribution >= 4 is 17.3 Å². The van der Waals surface area contributed by atoms with Crippen molar-refractivity contribution in [3.8, 4) is 6.07 Å². The number of nitro groups is 1. The predicted octanol–water partition coefficient (Wildman–Crippen LogP) is 4.52. The van der Waals surface area contributed by atoms with Crippen molar-refractivity contribution in [1.82, 2.24) is 0 Å². The van der Waals surface area contributed by atoms with E-state index in [0.717, 1.165) is 0 Å². The molecule has 5 heteroatoms. The second kappa shape index (κ2) is 6.71. The van der Waals surface area contributed by atoms with E-state index < -0.39 is 0 Å². The summed E-state index contributed by atoms with van der Waals surface area (Å²) in [7, 11) is 0. The van der Waals surface area contributed by atoms with E-state index in [9.17, 15) is 15.4 Å². The van der Waals surface area contributed by atoms with E-state index in [2.05, 4.69) is 0 Å². The number of hydrogen-bond donors (Lipinski definition) is 0. The maximum atomic E-state index is 11.4. The largest absolute Gasteiger partial charge is 0.277 e. The summed E-state index contributed by atoms with van der Waals surface area (Å²) in [6, 6.07) is 3.58. The first-order valence-corrected chi connectivity index (χ1v) is 7.04. The van der Waals surface area contributed by atoms with Crippen molar-refractivity contribution in [3.63, 3.8) is 0 Å². The molecule has 0 aliphatic heterocycles. The molecule has 108 valence electrons. The molecule has 0 saturated heterocycles. The first kappa shape index (κ1) is 16.5. The van der Waals surface area contributed by atoms with Gasteiger partial charge in [-0.15, -0.1) is 0 Å². The number of rotatable bonds is 5. The van der Waals surface area contributed by atoms with Gasteiger partial charge in [-0.25, -0.2) is 0 Å². The van der Waals surface area contributed by atoms with Crippen LogP contribution in [0.3, 0.4) is 0 Å². The normalized spacial score (nSPS) is 10.9. The topological polar surface area (TPSA) is 66.9 Å². The highest BCUT2D eigenvalue weighted by atomic mass is 35.5. The fourth-order valence-electron chi connectivity index (χ4n) is 2.30. The Balaban J connectivity index is 3.60. The van der Waals surface area contributed by atoms with Gasteiger partial charge in [0.15, 0.2) is 0 Å². The standard InChI is InChI=1S/C15H19ClN2O2/c1-9(2)5-11-7-14(16)13(8-17)12(6-10(3)4)15(11)18(19)20/h7,9-10H,5-6H2,1-4H3. The zero-order valence-corrected chi connectivity index (χ0v) is 13.0. The smallest absolute Gasteiger partial charge is 0.258 e. The van der Waals surface area contributed by atoms with Gasteiger partial charge in [0, 0.05) is 11.1 Å². The maximum absolute atomic E-state index is 11.4. The van der Waals surface area contributed by atoms with Crippen LogP contribution in [0.2, 0.25) is 5.02 Å². The molecule has 4 nitrogen and oxygen atoms in total. The number of nitrogens with zero attached hydrogens (tertiary/aromatic N) is 2. The maximum Gasteiger partial charge on any atom is 0.277 e. The summed E-state index contributed by atoms with van der Waals surface area (Å²) in [6.45, 7) is 7.93. The Kier molecular flexibility index (Phi) is 5.52. The highest BCUT2D eigenvalue weighted by Gasteiger charge is 2.26. The summed E-state index contributed by atoms with van der Waals surface area (Å²) in [6.07, 6.45) is 1.05. The number of benzene rings is 1. The summed E-state index contributed by atoms with van der Waals surface area (Å²) in [5, 5.41) is 21.0. The van der Waals surface area contributed by atoms with Crippen LogP contribution in [0.15, 0.2) is 6.07 Å². The summed E-state index contributed by atoms with van der Waals surface area (Å²) < 4.78 is 0. The molecule has 0 radical (unpaired) electrons. The highest BCUT2D eigenvalue weighted by molar-refractivity contribution is 6.32. The van der Waals surface area contributed by atoms with Crippen LogP contribution in [0.25, 0.3) is 0 Å². The number of halogens is 1. The summed E-state index contributed by atoms with van der Waals surface area (Å²) in [5.74, 6) is 0.496. The van der Waals surface area contributed by atoms with Crippen LogP contribution in [-0.2, 0) is 12.8 Å². The van der Waals surface area contributed by atoms with Crippen LogP contribution in [-0.4, -0.2) is 4.92 Å². The molecule has 0 bridgehead atoms. The zero-order valence-electron chi connectivity index (χ0n) is 12.2. The van der Waals surface area contributed by atoms with Crippen LogP contribution in [0, 0.1) is 33.3 Å². The van der Waals surface area contributed by atoms with E-state index in [0.29, 0.717) is 29.0 Å². The van der Waals surface area contributed by atoms with Gasteiger partial charge in [-0.3, -0.25) is 10.1 Å². The minimum absolute atomic E-state index is 0.0633. The average Bonchev–Trinajstić information content (AvgIpc) is 2.26. The lowest BCUT2D eigenvalue weighted by Crippen LogP contribution is -2.08. The molecule has 0 aromatic heterocycles. The first-order chi connectivity index (χ1) is 9.27. The molecule has 1 rings (SSSR count). The van der Waals surface area contributed by atoms with E-state index in [1.807, 2.05) is 33.8 Å². The fourth-order valence-corrected chi connectivity index (χ4v) is 2.59. The molecule has 0 fully saturated rings. The van der Waals surface area contributed by atoms with Crippen molar-refractivity contribution in [3.05, 3.63) is 37.9 Å². The second-order valence-corrected chi connectivity index (χ2v) is 6.19. The van der Waals surface area contributed by atoms with Gasteiger partial charge in [-0.2, -0.15) is 5.26 Å². The SMILES string of the molecule is CC(C)Cc1cc(Cl)c(C#N)c(CC(C)C)c1[N+](=O)[O-]. The quantitative estimate of drug-likeness (QED) is 0.592. The molecule has 0 atom stereocenters. The minimum atomic E-state index is -0.382. The summed E-state index contributed by atoms with van der Waals surface area (Å²) in [5.41, 5.74) is 1.38. The lowest BCUT2D eigenvalue weighted by Gasteiger charge is -2.14. The molecular weight excluding hydrogens is 276 g/mol. The first-order valence-electron chi connectivity index (χ1n) is 6.66. The monoisotopic (exact) mass is 294 g/mol. The zero-order chi connectivity index (χ0) is 15.4. The van der Waals surface area contributed by atoms with E-state index in [4.69, 9.17) is 11.6 Å². The third-order valence-electron chi connectivity index (χ3n) is 2.97. The third-order valence-corrected chi connectivity index (χ3v) is 3.26. The number of hydrogen-bond acceptors (Lipinski definition) is 3. The van der Waals surface area contributed by atoms with Crippen molar-refractivity contribution in [2.75, 3.05) is 0 Å². The highest BCUT2D eigenvalue weighted by Crippen LogP contribution is 2.35. The molecule has 0 spiro atoms. The van der Waals surface area contributed by atoms with E-state index in [1.165, 1.54) is 0 Å². The van der Waals surface area contributed by atoms with Gasteiger partial charge in [-0.1, -0.05) is 39.3 Å². The van der Waals surface area contributed by atoms with Crippen LogP contribution >= 0.6 is 11.6 Å². The molecule has 0 heterocycles. The average molecular weight is 295 g/mol. The van der Waals surface area contributed by atoms with Crippen LogP contribution in [0.5, 0.6) is 0 Å². The fraction of sp³-hybridized carbons (Fsp3) is 0.533. The lowest BCUT2D eigenvalue weighted by atomic mass is 9.91. The Bertz CT molecular complexity index is 560. The molecule has 1 aromatic carbocycles. The van der Waals surface area contributed by atoms with Gasteiger partial charge in [0.05, 0.1) is 15.5 Å². The van der Waals surface area contributed by atoms with Crippen molar-refractivity contribution in [2.24, 2.45) is 11.8 Å². The predicted molar refractivity (Wildman–Crippen MR) is 79.9 cm³/mol. The van der Waals surface area contributed by atoms with Crippen LogP contribution in [0.4, 0.5) is 5.69 Å². The van der Waals surface area contributed by atoms with Gasteiger partial charge in [0.25, 0.3) is 5.69 Å². The van der Waals surface area contributed by atoms with Crippen molar-refractivity contribution < 1.29 is 4.92 Å². The Morgan fingerprint density at radius 1 is 1.30 bits per heavy atom. The Morgan fingerprint density at radius 2 is 1.85 bits per heavy atom. The number of nitriles is 1. The molecule has 0 N–H and O–H groups in total. The van der Waals surface area contributed by atoms with Crippen molar-refractivity contribution in [2.45, 2.75) is 40.5 Å². The van der Waals surface area contributed by atoms with Gasteiger partial charge < -0.3 is 0 Å². The van der Waals surface area contributed by atoms with E-state index in [-0.39, 0.29) is 28.0 Å². The molecule has 0 aliphatic carbocycles. The van der Waals surface area contributed by atoms with Crippen LogP contribution < -0.4 is 0 Å². The third kappa shape index (κ3) is 3.71. The van der Waals surface area contributed by atoms with Gasteiger partial charge in [0.2, 0.25) is 0 Å². The number of nitro benzene ring substituents is 1. The Morgan fingerprint density at radius 3 is 2.25 bits per heavy atom. The summed E-state index contributed by atoms with van der Waals surface area (Å²) >= 11 is 6.13. The lowest BCUT2D eigenvalue weighted by molar-refractivity contribution is -0.386. The Hall–Kier alpha value is -1.60. The molecule has 0 unspecified atom stereocenters. The molecule has 20 heavy (non-hydrogen) atoms. The molecule has 0 amide bonds. The van der Waals surface area contributed by atoms with Gasteiger partial charge in [0.1, 0.15) is 6.07 Å². The minimum Gasteiger partial charge on any atom is -0.258 e. The molecule has 1 aromatic rings. The molecular formula is C15H19ClN2O2. The van der Waals surface area contributed by atoms with E-state index >= 15 is 0 Å². The van der Waals surface area contributed by atoms with Gasteiger partial charge >= 0.3 is 0 Å². The Labute approximate surface area is 124 Å². The molecule has 0 aliphatic rings. The van der Waals surface area contributed by atoms with Gasteiger partial charge in [-0.05, 0) is 30.7 Å². The summed E-state index contributed by atoms with van der Waals surface area (Å²) in [4.78, 5) is 11.1. The molecule has 0 saturated carbocycles.